The molecule has 0 saturated carbocycles. The first-order valence-corrected chi connectivity index (χ1v) is 20.2. The molecule has 58 heavy (non-hydrogen) atoms. The molecule has 1 aliphatic rings. The maximum Gasteiger partial charge on any atom is 0.0537 e. The Morgan fingerprint density at radius 1 is 0.379 bits per heavy atom. The smallest absolute Gasteiger partial charge is 0.0537 e. The first-order valence-electron chi connectivity index (χ1n) is 20.2. The highest BCUT2D eigenvalue weighted by Gasteiger charge is 2.20. The van der Waals surface area contributed by atoms with Crippen LogP contribution in [0.2, 0.25) is 0 Å². The topological polar surface area (TPSA) is 8.17 Å². The molecule has 2 nitrogen and oxygen atoms in total. The summed E-state index contributed by atoms with van der Waals surface area (Å²) in [6.07, 6.45) is 6.77. The second-order valence-corrected chi connectivity index (χ2v) is 15.2. The number of aromatic nitrogens is 1. The molecule has 0 atom stereocenters. The SMILES string of the molecule is C1=Cc2c(c3ccccc3n2-c2ccc(N(c3ccccc3)c3ccc(-c4ccc5c(-c6ccccc6)c6ccccc6c(-c6ccccc6)c5c4)cc3)cc2)CC1. The van der Waals surface area contributed by atoms with Crippen molar-refractivity contribution in [1.82, 2.24) is 4.57 Å². The molecule has 0 aliphatic heterocycles. The van der Waals surface area contributed by atoms with Crippen LogP contribution in [0.1, 0.15) is 17.7 Å². The number of aryl methyl sites for hydroxylation is 1. The highest BCUT2D eigenvalue weighted by molar-refractivity contribution is 6.22. The van der Waals surface area contributed by atoms with Gasteiger partial charge in [0.15, 0.2) is 0 Å². The number of allylic oxidation sites excluding steroid dienone is 1. The lowest BCUT2D eigenvalue weighted by Crippen LogP contribution is -2.10. The first kappa shape index (κ1) is 33.9. The van der Waals surface area contributed by atoms with Crippen molar-refractivity contribution in [2.75, 3.05) is 4.90 Å². The zero-order valence-corrected chi connectivity index (χ0v) is 32.1. The van der Waals surface area contributed by atoms with E-state index in [1.807, 2.05) is 0 Å². The van der Waals surface area contributed by atoms with Crippen LogP contribution in [0.3, 0.4) is 0 Å². The summed E-state index contributed by atoms with van der Waals surface area (Å²) in [5.41, 5.74) is 15.9. The van der Waals surface area contributed by atoms with Crippen molar-refractivity contribution in [3.05, 3.63) is 224 Å². The van der Waals surface area contributed by atoms with E-state index >= 15 is 0 Å². The molecule has 1 heterocycles. The van der Waals surface area contributed by atoms with Crippen molar-refractivity contribution in [2.45, 2.75) is 12.8 Å². The quantitative estimate of drug-likeness (QED) is 0.148. The maximum absolute atomic E-state index is 2.42. The highest BCUT2D eigenvalue weighted by atomic mass is 15.1. The van der Waals surface area contributed by atoms with Gasteiger partial charge in [0.2, 0.25) is 0 Å². The van der Waals surface area contributed by atoms with Crippen molar-refractivity contribution in [3.8, 4) is 39.1 Å². The summed E-state index contributed by atoms with van der Waals surface area (Å²) < 4.78 is 2.42. The molecule has 1 aromatic heterocycles. The minimum absolute atomic E-state index is 1.08. The summed E-state index contributed by atoms with van der Waals surface area (Å²) in [7, 11) is 0. The summed E-state index contributed by atoms with van der Waals surface area (Å²) in [6.45, 7) is 0. The Bertz CT molecular complexity index is 3120. The van der Waals surface area contributed by atoms with E-state index in [9.17, 15) is 0 Å². The number of anilines is 3. The third kappa shape index (κ3) is 5.73. The second kappa shape index (κ2) is 14.3. The maximum atomic E-state index is 2.42. The van der Waals surface area contributed by atoms with Crippen LogP contribution in [0.4, 0.5) is 17.1 Å². The lowest BCUT2D eigenvalue weighted by Gasteiger charge is -2.26. The molecule has 0 spiro atoms. The first-order chi connectivity index (χ1) is 28.8. The van der Waals surface area contributed by atoms with Crippen LogP contribution in [-0.2, 0) is 6.42 Å². The summed E-state index contributed by atoms with van der Waals surface area (Å²) in [6, 6.07) is 75.2. The number of nitrogens with zero attached hydrogens (tertiary/aromatic N) is 2. The van der Waals surface area contributed by atoms with Crippen LogP contribution in [-0.4, -0.2) is 4.57 Å². The minimum atomic E-state index is 1.08. The fourth-order valence-corrected chi connectivity index (χ4v) is 9.23. The Kier molecular flexibility index (Phi) is 8.33. The molecule has 10 aromatic rings. The number of rotatable bonds is 7. The van der Waals surface area contributed by atoms with E-state index in [-0.39, 0.29) is 0 Å². The number of benzene rings is 9. The predicted octanol–water partition coefficient (Wildman–Crippen LogP) is 15.4. The third-order valence-electron chi connectivity index (χ3n) is 11.8. The van der Waals surface area contributed by atoms with E-state index < -0.39 is 0 Å². The van der Waals surface area contributed by atoms with E-state index in [2.05, 4.69) is 228 Å². The van der Waals surface area contributed by atoms with Gasteiger partial charge in [-0.1, -0.05) is 152 Å². The van der Waals surface area contributed by atoms with Crippen LogP contribution in [0.15, 0.2) is 212 Å². The van der Waals surface area contributed by atoms with Crippen molar-refractivity contribution < 1.29 is 0 Å². The number of hydrogen-bond donors (Lipinski definition) is 0. The second-order valence-electron chi connectivity index (χ2n) is 15.2. The number of fused-ring (bicyclic) bond motifs is 5. The van der Waals surface area contributed by atoms with E-state index in [0.29, 0.717) is 0 Å². The van der Waals surface area contributed by atoms with Crippen molar-refractivity contribution in [3.63, 3.8) is 0 Å². The van der Waals surface area contributed by atoms with Crippen LogP contribution in [0, 0.1) is 0 Å². The molecule has 9 aromatic carbocycles. The molecule has 274 valence electrons. The zero-order valence-electron chi connectivity index (χ0n) is 32.1. The van der Waals surface area contributed by atoms with Gasteiger partial charge in [0.05, 0.1) is 5.52 Å². The van der Waals surface area contributed by atoms with E-state index in [1.54, 1.807) is 0 Å². The average molecular weight is 741 g/mol. The van der Waals surface area contributed by atoms with Crippen LogP contribution in [0.5, 0.6) is 0 Å². The Morgan fingerprint density at radius 2 is 0.879 bits per heavy atom. The zero-order chi connectivity index (χ0) is 38.4. The van der Waals surface area contributed by atoms with Gasteiger partial charge in [0.1, 0.15) is 0 Å². The molecule has 0 unspecified atom stereocenters. The van der Waals surface area contributed by atoms with Gasteiger partial charge in [-0.05, 0) is 140 Å². The van der Waals surface area contributed by atoms with Crippen LogP contribution >= 0.6 is 0 Å². The Balaban J connectivity index is 1.01. The molecule has 2 heteroatoms. The average Bonchev–Trinajstić information content (AvgIpc) is 3.64. The van der Waals surface area contributed by atoms with Gasteiger partial charge in [0, 0.05) is 33.8 Å². The fraction of sp³-hybridized carbons (Fsp3) is 0.0357. The molecule has 1 aliphatic carbocycles. The summed E-state index contributed by atoms with van der Waals surface area (Å²) in [4.78, 5) is 2.35. The highest BCUT2D eigenvalue weighted by Crippen LogP contribution is 2.45. The van der Waals surface area contributed by atoms with Gasteiger partial charge in [0.25, 0.3) is 0 Å². The van der Waals surface area contributed by atoms with Gasteiger partial charge < -0.3 is 9.47 Å². The van der Waals surface area contributed by atoms with E-state index in [4.69, 9.17) is 0 Å². The van der Waals surface area contributed by atoms with Crippen molar-refractivity contribution >= 4 is 55.6 Å². The molecular formula is C56H40N2. The monoisotopic (exact) mass is 740 g/mol. The third-order valence-corrected chi connectivity index (χ3v) is 11.8. The number of hydrogen-bond acceptors (Lipinski definition) is 1. The van der Waals surface area contributed by atoms with Crippen LogP contribution < -0.4 is 4.90 Å². The number of para-hydroxylation sites is 2. The van der Waals surface area contributed by atoms with Crippen molar-refractivity contribution in [2.24, 2.45) is 0 Å². The molecule has 0 bridgehead atoms. The largest absolute Gasteiger partial charge is 0.311 e. The normalized spacial score (nSPS) is 12.3. The molecule has 0 radical (unpaired) electrons. The Hall–Kier alpha value is -7.42. The Morgan fingerprint density at radius 3 is 1.53 bits per heavy atom. The molecular weight excluding hydrogens is 701 g/mol. The Labute approximate surface area is 339 Å². The van der Waals surface area contributed by atoms with Crippen LogP contribution in [0.25, 0.3) is 77.6 Å². The van der Waals surface area contributed by atoms with Crippen molar-refractivity contribution in [1.29, 1.82) is 0 Å². The molecule has 0 amide bonds. The molecule has 11 rings (SSSR count). The van der Waals surface area contributed by atoms with Gasteiger partial charge in [-0.3, -0.25) is 0 Å². The lowest BCUT2D eigenvalue weighted by molar-refractivity contribution is 0.967. The van der Waals surface area contributed by atoms with Gasteiger partial charge in [-0.2, -0.15) is 0 Å². The summed E-state index contributed by atoms with van der Waals surface area (Å²) in [5, 5.41) is 6.39. The molecule has 0 fully saturated rings. The van der Waals surface area contributed by atoms with E-state index in [0.717, 1.165) is 29.9 Å². The lowest BCUT2D eigenvalue weighted by atomic mass is 9.85. The minimum Gasteiger partial charge on any atom is -0.311 e. The standard InChI is InChI=1S/C56H40N2/c1-4-16-40(17-5-1)55-49-24-10-11-25-50(49)56(41-18-6-2-7-19-41)52-38-42(30-37-51(52)55)39-28-31-44(32-29-39)57(43-20-8-3-9-21-43)45-33-35-46(36-34-45)58-53-26-14-12-22-47(53)48-23-13-15-27-54(48)58/h1-12,14-22,24-38H,13,23H2. The van der Waals surface area contributed by atoms with Gasteiger partial charge in [-0.25, -0.2) is 0 Å². The summed E-state index contributed by atoms with van der Waals surface area (Å²) in [5.74, 6) is 0. The molecule has 0 saturated heterocycles. The van der Waals surface area contributed by atoms with E-state index in [1.165, 1.54) is 82.8 Å². The van der Waals surface area contributed by atoms with Gasteiger partial charge in [-0.15, -0.1) is 0 Å². The summed E-state index contributed by atoms with van der Waals surface area (Å²) >= 11 is 0. The predicted molar refractivity (Wildman–Crippen MR) is 247 cm³/mol. The molecule has 0 N–H and O–H groups in total. The fourth-order valence-electron chi connectivity index (χ4n) is 9.23. The van der Waals surface area contributed by atoms with Gasteiger partial charge >= 0.3 is 0 Å².